The summed E-state index contributed by atoms with van der Waals surface area (Å²) in [7, 11) is 0. The van der Waals surface area contributed by atoms with Gasteiger partial charge in [0, 0.05) is 18.5 Å². The van der Waals surface area contributed by atoms with Crippen molar-refractivity contribution in [1.29, 1.82) is 0 Å². The van der Waals surface area contributed by atoms with Gasteiger partial charge in [0.05, 0.1) is 0 Å². The third kappa shape index (κ3) is 4.07. The Kier molecular flexibility index (Phi) is 4.48. The summed E-state index contributed by atoms with van der Waals surface area (Å²) < 4.78 is 0. The number of aromatic nitrogens is 2. The molecule has 0 unspecified atom stereocenters. The molecule has 2 N–H and O–H groups in total. The van der Waals surface area contributed by atoms with Gasteiger partial charge in [-0.15, -0.1) is 0 Å². The third-order valence-corrected chi connectivity index (χ3v) is 3.69. The number of thioether (sulfide) groups is 1. The first kappa shape index (κ1) is 12.5. The third-order valence-electron chi connectivity index (χ3n) is 2.70. The van der Waals surface area contributed by atoms with Crippen LogP contribution in [0.1, 0.15) is 37.9 Å². The molecular weight excluding hydrogens is 234 g/mol. The number of hydrogen-bond donors (Lipinski definition) is 2. The Hall–Kier alpha value is -0.970. The van der Waals surface area contributed by atoms with Gasteiger partial charge in [0.25, 0.3) is 5.56 Å². The zero-order valence-corrected chi connectivity index (χ0v) is 11.0. The van der Waals surface area contributed by atoms with Crippen LogP contribution in [0.5, 0.6) is 0 Å². The van der Waals surface area contributed by atoms with Gasteiger partial charge >= 0.3 is 0 Å². The smallest absolute Gasteiger partial charge is 0.252 e. The van der Waals surface area contributed by atoms with Crippen LogP contribution in [-0.2, 0) is 0 Å². The highest BCUT2D eigenvalue weighted by Gasteiger charge is 2.26. The minimum absolute atomic E-state index is 0.0488. The van der Waals surface area contributed by atoms with Gasteiger partial charge in [-0.05, 0) is 30.8 Å². The van der Waals surface area contributed by atoms with E-state index in [1.165, 1.54) is 0 Å². The van der Waals surface area contributed by atoms with Gasteiger partial charge in [-0.2, -0.15) is 11.8 Å². The van der Waals surface area contributed by atoms with Crippen molar-refractivity contribution < 1.29 is 0 Å². The quantitative estimate of drug-likeness (QED) is 0.731. The van der Waals surface area contributed by atoms with Crippen LogP contribution in [0.4, 0.5) is 5.82 Å². The van der Waals surface area contributed by atoms with Crippen molar-refractivity contribution in [3.8, 4) is 0 Å². The van der Waals surface area contributed by atoms with E-state index in [9.17, 15) is 4.79 Å². The van der Waals surface area contributed by atoms with Crippen molar-refractivity contribution in [2.75, 3.05) is 23.4 Å². The van der Waals surface area contributed by atoms with E-state index in [0.717, 1.165) is 49.0 Å². The molecule has 0 spiro atoms. The van der Waals surface area contributed by atoms with Gasteiger partial charge < -0.3 is 10.3 Å². The number of rotatable bonds is 7. The molecule has 4 nitrogen and oxygen atoms in total. The number of anilines is 1. The van der Waals surface area contributed by atoms with Gasteiger partial charge in [0.15, 0.2) is 0 Å². The van der Waals surface area contributed by atoms with E-state index in [2.05, 4.69) is 22.2 Å². The lowest BCUT2D eigenvalue weighted by Gasteiger charge is -2.06. The Morgan fingerprint density at radius 2 is 2.41 bits per heavy atom. The molecule has 1 aromatic rings. The SMILES string of the molecule is CCSCCCNc1cc(=O)[nH]c(C2CC2)n1. The molecule has 0 aliphatic heterocycles. The van der Waals surface area contributed by atoms with E-state index in [0.29, 0.717) is 5.92 Å². The van der Waals surface area contributed by atoms with Crippen LogP contribution in [0.2, 0.25) is 0 Å². The first-order valence-electron chi connectivity index (χ1n) is 6.22. The largest absolute Gasteiger partial charge is 0.370 e. The molecular formula is C12H19N3OS. The lowest BCUT2D eigenvalue weighted by Crippen LogP contribution is -2.14. The fraction of sp³-hybridized carbons (Fsp3) is 0.667. The maximum absolute atomic E-state index is 11.4. The van der Waals surface area contributed by atoms with Crippen molar-refractivity contribution in [3.05, 3.63) is 22.2 Å². The van der Waals surface area contributed by atoms with Crippen LogP contribution in [0.15, 0.2) is 10.9 Å². The molecule has 1 fully saturated rings. The summed E-state index contributed by atoms with van der Waals surface area (Å²) in [6.07, 6.45) is 3.41. The predicted molar refractivity (Wildman–Crippen MR) is 72.9 cm³/mol. The molecule has 1 aromatic heterocycles. The molecule has 1 saturated carbocycles. The molecule has 5 heteroatoms. The Balaban J connectivity index is 1.85. The number of hydrogen-bond acceptors (Lipinski definition) is 4. The second kappa shape index (κ2) is 6.10. The van der Waals surface area contributed by atoms with Gasteiger partial charge in [-0.25, -0.2) is 4.98 Å². The first-order valence-corrected chi connectivity index (χ1v) is 7.38. The molecule has 1 aliphatic rings. The minimum Gasteiger partial charge on any atom is -0.370 e. The standard InChI is InChI=1S/C12H19N3OS/c1-2-17-7-3-6-13-10-8-11(16)15-12(14-10)9-4-5-9/h8-9H,2-7H2,1H3,(H2,13,14,15,16). The lowest BCUT2D eigenvalue weighted by atomic mass is 10.4. The summed E-state index contributed by atoms with van der Waals surface area (Å²) in [4.78, 5) is 18.7. The predicted octanol–water partition coefficient (Wildman–Crippen LogP) is 2.20. The van der Waals surface area contributed by atoms with E-state index >= 15 is 0 Å². The average Bonchev–Trinajstić information content (AvgIpc) is 3.12. The van der Waals surface area contributed by atoms with Gasteiger partial charge in [-0.3, -0.25) is 4.79 Å². The lowest BCUT2D eigenvalue weighted by molar-refractivity contribution is 0.896. The summed E-state index contributed by atoms with van der Waals surface area (Å²) in [6, 6.07) is 1.54. The number of nitrogens with one attached hydrogen (secondary N) is 2. The topological polar surface area (TPSA) is 57.8 Å². The van der Waals surface area contributed by atoms with Crippen LogP contribution in [0, 0.1) is 0 Å². The summed E-state index contributed by atoms with van der Waals surface area (Å²) in [5.74, 6) is 4.37. The molecule has 1 aliphatic carbocycles. The van der Waals surface area contributed by atoms with Gasteiger partial charge in [-0.1, -0.05) is 6.92 Å². The fourth-order valence-corrected chi connectivity index (χ4v) is 2.29. The van der Waals surface area contributed by atoms with Crippen LogP contribution < -0.4 is 10.9 Å². The highest BCUT2D eigenvalue weighted by molar-refractivity contribution is 7.99. The second-order valence-electron chi connectivity index (χ2n) is 4.27. The second-order valence-corrected chi connectivity index (χ2v) is 5.66. The number of H-pyrrole nitrogens is 1. The monoisotopic (exact) mass is 253 g/mol. The molecule has 0 aromatic carbocycles. The van der Waals surface area contributed by atoms with Gasteiger partial charge in [0.1, 0.15) is 11.6 Å². The van der Waals surface area contributed by atoms with Crippen molar-refractivity contribution in [3.63, 3.8) is 0 Å². The fourth-order valence-electron chi connectivity index (χ4n) is 1.65. The molecule has 0 amide bonds. The summed E-state index contributed by atoms with van der Waals surface area (Å²) in [6.45, 7) is 3.05. The van der Waals surface area contributed by atoms with Crippen molar-refractivity contribution >= 4 is 17.6 Å². The molecule has 0 saturated heterocycles. The van der Waals surface area contributed by atoms with Crippen LogP contribution in [0.3, 0.4) is 0 Å². The minimum atomic E-state index is -0.0488. The average molecular weight is 253 g/mol. The van der Waals surface area contributed by atoms with Crippen LogP contribution in [0.25, 0.3) is 0 Å². The number of nitrogens with zero attached hydrogens (tertiary/aromatic N) is 1. The van der Waals surface area contributed by atoms with Crippen molar-refractivity contribution in [2.45, 2.75) is 32.1 Å². The Morgan fingerprint density at radius 3 is 3.12 bits per heavy atom. The normalized spacial score (nSPS) is 14.9. The van der Waals surface area contributed by atoms with Crippen molar-refractivity contribution in [1.82, 2.24) is 9.97 Å². The molecule has 0 bridgehead atoms. The first-order chi connectivity index (χ1) is 8.29. The van der Waals surface area contributed by atoms with E-state index in [1.54, 1.807) is 6.07 Å². The zero-order chi connectivity index (χ0) is 12.1. The Morgan fingerprint density at radius 1 is 1.59 bits per heavy atom. The molecule has 94 valence electrons. The van der Waals surface area contributed by atoms with Gasteiger partial charge in [0.2, 0.25) is 0 Å². The zero-order valence-electron chi connectivity index (χ0n) is 10.2. The van der Waals surface area contributed by atoms with E-state index in [-0.39, 0.29) is 5.56 Å². The maximum atomic E-state index is 11.4. The Labute approximate surface area is 106 Å². The molecule has 17 heavy (non-hydrogen) atoms. The molecule has 2 rings (SSSR count). The summed E-state index contributed by atoms with van der Waals surface area (Å²) in [5, 5.41) is 3.22. The van der Waals surface area contributed by atoms with Crippen LogP contribution in [-0.4, -0.2) is 28.0 Å². The highest BCUT2D eigenvalue weighted by atomic mass is 32.2. The van der Waals surface area contributed by atoms with E-state index < -0.39 is 0 Å². The highest BCUT2D eigenvalue weighted by Crippen LogP contribution is 2.37. The molecule has 1 heterocycles. The van der Waals surface area contributed by atoms with Crippen molar-refractivity contribution in [2.24, 2.45) is 0 Å². The maximum Gasteiger partial charge on any atom is 0.252 e. The van der Waals surface area contributed by atoms with E-state index in [4.69, 9.17) is 0 Å². The summed E-state index contributed by atoms with van der Waals surface area (Å²) in [5.41, 5.74) is -0.0488. The molecule has 0 atom stereocenters. The molecule has 0 radical (unpaired) electrons. The van der Waals surface area contributed by atoms with Crippen LogP contribution >= 0.6 is 11.8 Å². The van der Waals surface area contributed by atoms with E-state index in [1.807, 2.05) is 11.8 Å². The Bertz CT molecular complexity index is 414. The summed E-state index contributed by atoms with van der Waals surface area (Å²) >= 11 is 1.94. The number of aromatic amines is 1.